The summed E-state index contributed by atoms with van der Waals surface area (Å²) in [6.07, 6.45) is 1.74. The van der Waals surface area contributed by atoms with E-state index in [1.165, 1.54) is 28.6 Å². The number of piperazine rings is 1. The molecule has 432 valence electrons. The van der Waals surface area contributed by atoms with Crippen LogP contribution in [0, 0.1) is 19.3 Å². The molecule has 4 aromatic carbocycles. The van der Waals surface area contributed by atoms with E-state index in [1.807, 2.05) is 87.8 Å². The number of thiazole rings is 1. The molecule has 82 heavy (non-hydrogen) atoms. The molecular formula is C60H69F3N12O6S. The molecule has 6 N–H and O–H groups in total. The lowest BCUT2D eigenvalue weighted by atomic mass is 9.85. The van der Waals surface area contributed by atoms with Gasteiger partial charge in [-0.15, -0.1) is 11.3 Å². The molecule has 2 aliphatic rings. The summed E-state index contributed by atoms with van der Waals surface area (Å²) >= 11 is 1.57. The Labute approximate surface area is 477 Å². The number of halogens is 3. The standard InChI is InChI=1S/C60H69F3N12O6S/c1-37-11-19-44(29-48(37)60(61,62)63)67-52(78)35-74-33-43(32-66-74)42-18-22-47-49(28-42)70-71-55(47)69-56(79)41-16-20-45(21-17-41)73-26-24-72(25-27-73)23-9-7-6-8-10-51(77)68-54(59(3,4)5)58(81)75-34-46(76)30-50(75)57(80)64-31-39-12-14-40(15-13-39)53-38(2)65-36-82-53/h11-22,28-29,32-33,36,46,50,54,76H,6-10,23-27,30-31,34-35H2,1-5H3,(H,64,80)(H,67,78)(H,68,77)(H2,69,70,71,79). The molecule has 2 aliphatic heterocycles. The lowest BCUT2D eigenvalue weighted by molar-refractivity contribution is -0.144. The number of H-pyrrole nitrogens is 1. The number of hydrogen-bond acceptors (Lipinski definition) is 12. The van der Waals surface area contributed by atoms with Gasteiger partial charge < -0.3 is 36.2 Å². The van der Waals surface area contributed by atoms with E-state index in [1.54, 1.807) is 35.9 Å². The molecule has 0 aliphatic carbocycles. The third kappa shape index (κ3) is 14.6. The molecule has 9 rings (SSSR count). The van der Waals surface area contributed by atoms with Crippen LogP contribution in [0.3, 0.4) is 0 Å². The summed E-state index contributed by atoms with van der Waals surface area (Å²) in [7, 11) is 0. The van der Waals surface area contributed by atoms with Crippen molar-refractivity contribution in [3.05, 3.63) is 131 Å². The van der Waals surface area contributed by atoms with Crippen molar-refractivity contribution in [3.8, 4) is 21.6 Å². The second kappa shape index (κ2) is 25.5. The zero-order chi connectivity index (χ0) is 58.3. The smallest absolute Gasteiger partial charge is 0.391 e. The molecule has 0 radical (unpaired) electrons. The number of nitrogens with one attached hydrogen (secondary N) is 5. The number of aliphatic hydroxyl groups is 1. The molecular weight excluding hydrogens is 1070 g/mol. The quantitative estimate of drug-likeness (QED) is 0.0395. The van der Waals surface area contributed by atoms with E-state index < -0.39 is 41.2 Å². The van der Waals surface area contributed by atoms with Gasteiger partial charge in [0.05, 0.1) is 39.5 Å². The first-order valence-corrected chi connectivity index (χ1v) is 28.5. The molecule has 0 spiro atoms. The van der Waals surface area contributed by atoms with Crippen LogP contribution in [0.5, 0.6) is 0 Å². The number of aromatic amines is 1. The summed E-state index contributed by atoms with van der Waals surface area (Å²) in [5.74, 6) is -1.43. The van der Waals surface area contributed by atoms with Gasteiger partial charge in [-0.1, -0.05) is 70.0 Å². The van der Waals surface area contributed by atoms with E-state index in [-0.39, 0.29) is 67.4 Å². The van der Waals surface area contributed by atoms with E-state index >= 15 is 0 Å². The Bertz CT molecular complexity index is 3400. The molecule has 22 heteroatoms. The van der Waals surface area contributed by atoms with Gasteiger partial charge in [-0.25, -0.2) is 4.98 Å². The Hall–Kier alpha value is -7.95. The molecule has 0 saturated carbocycles. The van der Waals surface area contributed by atoms with Gasteiger partial charge in [0, 0.05) is 86.2 Å². The van der Waals surface area contributed by atoms with Crippen LogP contribution in [0.2, 0.25) is 0 Å². The highest BCUT2D eigenvalue weighted by atomic mass is 32.1. The highest BCUT2D eigenvalue weighted by Crippen LogP contribution is 2.34. The molecule has 2 fully saturated rings. The average molecular weight is 1140 g/mol. The SMILES string of the molecule is Cc1ccc(NC(=O)Cn2cc(-c3ccc4c(NC(=O)c5ccc(N6CCN(CCCCCCC(=O)NC(C(=O)N7CC(O)CC7C(=O)NCc7ccc(-c8scnc8C)cc7)C(C)(C)C)CC6)cc5)n[nH]c4c3)cn2)cc1C(F)(F)F. The number of fused-ring (bicyclic) bond motifs is 1. The Balaban J connectivity index is 0.665. The first-order valence-electron chi connectivity index (χ1n) is 27.6. The van der Waals surface area contributed by atoms with E-state index in [0.717, 1.165) is 91.0 Å². The molecule has 3 atom stereocenters. The first kappa shape index (κ1) is 58.7. The van der Waals surface area contributed by atoms with Crippen LogP contribution >= 0.6 is 11.3 Å². The summed E-state index contributed by atoms with van der Waals surface area (Å²) in [6.45, 7) is 13.5. The van der Waals surface area contributed by atoms with Crippen LogP contribution in [0.15, 0.2) is 103 Å². The largest absolute Gasteiger partial charge is 0.416 e. The fourth-order valence-electron chi connectivity index (χ4n) is 10.5. The van der Waals surface area contributed by atoms with Crippen molar-refractivity contribution in [2.24, 2.45) is 5.41 Å². The predicted molar refractivity (Wildman–Crippen MR) is 310 cm³/mol. The molecule has 5 heterocycles. The number of carbonyl (C=O) groups is 5. The summed E-state index contributed by atoms with van der Waals surface area (Å²) in [5, 5.41) is 34.3. The maximum absolute atomic E-state index is 14.1. The normalized spacial score (nSPS) is 16.3. The first-order chi connectivity index (χ1) is 39.2. The van der Waals surface area contributed by atoms with Gasteiger partial charge in [0.15, 0.2) is 5.82 Å². The number of benzene rings is 4. The third-order valence-corrected chi connectivity index (χ3v) is 16.1. The monoisotopic (exact) mass is 1140 g/mol. The lowest BCUT2D eigenvalue weighted by Crippen LogP contribution is -2.57. The van der Waals surface area contributed by atoms with Crippen LogP contribution in [-0.2, 0) is 38.4 Å². The number of rotatable bonds is 20. The van der Waals surface area contributed by atoms with Crippen LogP contribution in [0.4, 0.5) is 30.4 Å². The van der Waals surface area contributed by atoms with Gasteiger partial charge in [-0.2, -0.15) is 23.4 Å². The number of nitrogens with zero attached hydrogens (tertiary/aromatic N) is 7. The van der Waals surface area contributed by atoms with E-state index in [0.29, 0.717) is 34.3 Å². The second-order valence-electron chi connectivity index (χ2n) is 22.3. The van der Waals surface area contributed by atoms with E-state index in [4.69, 9.17) is 0 Å². The maximum Gasteiger partial charge on any atom is 0.416 e. The minimum atomic E-state index is -4.54. The van der Waals surface area contributed by atoms with Gasteiger partial charge in [-0.3, -0.25) is 38.7 Å². The minimum absolute atomic E-state index is 0.0135. The number of carbonyl (C=O) groups excluding carboxylic acids is 5. The molecule has 7 aromatic rings. The Morgan fingerprint density at radius 1 is 0.829 bits per heavy atom. The van der Waals surface area contributed by atoms with Gasteiger partial charge >= 0.3 is 6.18 Å². The Morgan fingerprint density at radius 2 is 1.56 bits per heavy atom. The van der Waals surface area contributed by atoms with Gasteiger partial charge in [0.25, 0.3) is 5.91 Å². The van der Waals surface area contributed by atoms with Gasteiger partial charge in [0.1, 0.15) is 18.6 Å². The number of aliphatic hydroxyl groups excluding tert-OH is 1. The van der Waals surface area contributed by atoms with Crippen molar-refractivity contribution in [1.82, 2.24) is 45.4 Å². The lowest BCUT2D eigenvalue weighted by Gasteiger charge is -2.36. The number of aromatic nitrogens is 5. The molecule has 0 bridgehead atoms. The van der Waals surface area contributed by atoms with Gasteiger partial charge in [-0.05, 0) is 109 Å². The Morgan fingerprint density at radius 3 is 2.27 bits per heavy atom. The number of β-amino-alcohol motifs (C(OH)–C–C–N with tert-alkyl or cyclic N) is 1. The summed E-state index contributed by atoms with van der Waals surface area (Å²) in [4.78, 5) is 78.6. The van der Waals surface area contributed by atoms with Crippen molar-refractivity contribution in [2.45, 2.75) is 111 Å². The second-order valence-corrected chi connectivity index (χ2v) is 23.1. The van der Waals surface area contributed by atoms with Crippen LogP contribution in [0.25, 0.3) is 32.5 Å². The molecule has 5 amide bonds. The predicted octanol–water partition coefficient (Wildman–Crippen LogP) is 8.96. The van der Waals surface area contributed by atoms with Crippen LogP contribution in [0.1, 0.15) is 92.0 Å². The third-order valence-electron chi connectivity index (χ3n) is 15.1. The van der Waals surface area contributed by atoms with Crippen molar-refractivity contribution >= 4 is 69.0 Å². The van der Waals surface area contributed by atoms with Crippen molar-refractivity contribution in [1.29, 1.82) is 0 Å². The zero-order valence-corrected chi connectivity index (χ0v) is 47.4. The molecule has 3 unspecified atom stereocenters. The number of aryl methyl sites for hydroxylation is 2. The fraction of sp³-hybridized carbons (Fsp3) is 0.400. The Kier molecular flexibility index (Phi) is 18.2. The van der Waals surface area contributed by atoms with Crippen molar-refractivity contribution < 1.29 is 42.3 Å². The summed E-state index contributed by atoms with van der Waals surface area (Å²) in [5.41, 5.74) is 6.99. The number of likely N-dealkylation sites (tertiary alicyclic amines) is 1. The summed E-state index contributed by atoms with van der Waals surface area (Å²) in [6, 6.07) is 22.8. The average Bonchev–Trinajstić information content (AvgIpc) is 4.37. The van der Waals surface area contributed by atoms with E-state index in [2.05, 4.69) is 51.3 Å². The fourth-order valence-corrected chi connectivity index (χ4v) is 11.3. The highest BCUT2D eigenvalue weighted by Gasteiger charge is 2.44. The van der Waals surface area contributed by atoms with Crippen molar-refractivity contribution in [3.63, 3.8) is 0 Å². The van der Waals surface area contributed by atoms with Crippen LogP contribution < -0.4 is 26.2 Å². The number of unbranched alkanes of at least 4 members (excludes halogenated alkanes) is 3. The molecule has 2 saturated heterocycles. The number of alkyl halides is 3. The highest BCUT2D eigenvalue weighted by molar-refractivity contribution is 7.13. The number of amides is 5. The molecule has 3 aromatic heterocycles. The number of hydrogen-bond donors (Lipinski definition) is 6. The number of anilines is 3. The minimum Gasteiger partial charge on any atom is -0.391 e. The van der Waals surface area contributed by atoms with Crippen molar-refractivity contribution in [2.75, 3.05) is 54.8 Å². The zero-order valence-electron chi connectivity index (χ0n) is 46.6. The topological polar surface area (TPSA) is 223 Å². The maximum atomic E-state index is 14.1. The van der Waals surface area contributed by atoms with Crippen LogP contribution in [-0.4, -0.2) is 127 Å². The van der Waals surface area contributed by atoms with E-state index in [9.17, 15) is 42.3 Å². The van der Waals surface area contributed by atoms with Gasteiger partial charge in [0.2, 0.25) is 23.6 Å². The molecule has 18 nitrogen and oxygen atoms in total. The summed E-state index contributed by atoms with van der Waals surface area (Å²) < 4.78 is 41.5.